The zero-order valence-corrected chi connectivity index (χ0v) is 17.5. The van der Waals surface area contributed by atoms with Gasteiger partial charge in [-0.1, -0.05) is 13.0 Å². The molecule has 1 heterocycles. The van der Waals surface area contributed by atoms with E-state index in [1.807, 2.05) is 32.9 Å². The van der Waals surface area contributed by atoms with Gasteiger partial charge in [-0.05, 0) is 50.1 Å². The zero-order chi connectivity index (χ0) is 22.1. The number of hydrogen-bond acceptors (Lipinski definition) is 6. The summed E-state index contributed by atoms with van der Waals surface area (Å²) in [7, 11) is -3.84. The number of nitrogens with two attached hydrogens (primary N) is 2. The lowest BCUT2D eigenvalue weighted by Crippen LogP contribution is -2.34. The Morgan fingerprint density at radius 3 is 2.48 bits per heavy atom. The van der Waals surface area contributed by atoms with Crippen molar-refractivity contribution in [3.8, 4) is 5.75 Å². The highest BCUT2D eigenvalue weighted by molar-refractivity contribution is 7.91. The molecule has 3 amide bonds. The molecule has 0 saturated heterocycles. The molecular formula is C19H27N3O6S. The Labute approximate surface area is 170 Å². The van der Waals surface area contributed by atoms with Gasteiger partial charge in [0.2, 0.25) is 6.41 Å². The maximum Gasteiger partial charge on any atom is 0.313 e. The Morgan fingerprint density at radius 2 is 1.97 bits per heavy atom. The van der Waals surface area contributed by atoms with Crippen LogP contribution in [0.3, 0.4) is 0 Å². The lowest BCUT2D eigenvalue weighted by atomic mass is 9.82. The van der Waals surface area contributed by atoms with Crippen LogP contribution in [-0.4, -0.2) is 33.3 Å². The van der Waals surface area contributed by atoms with Crippen molar-refractivity contribution in [2.24, 2.45) is 11.5 Å². The number of sulfone groups is 1. The lowest BCUT2D eigenvalue weighted by Gasteiger charge is -2.24. The lowest BCUT2D eigenvalue weighted by molar-refractivity contribution is -0.106. The normalized spacial score (nSPS) is 11.1. The molecule has 0 aliphatic heterocycles. The van der Waals surface area contributed by atoms with E-state index in [1.165, 1.54) is 0 Å². The molecule has 0 atom stereocenters. The molecular weight excluding hydrogens is 398 g/mol. The van der Waals surface area contributed by atoms with E-state index in [4.69, 9.17) is 19.7 Å². The van der Waals surface area contributed by atoms with Crippen LogP contribution in [0.2, 0.25) is 0 Å². The predicted octanol–water partition coefficient (Wildman–Crippen LogP) is 1.90. The number of amides is 3. The van der Waals surface area contributed by atoms with Gasteiger partial charge >= 0.3 is 6.03 Å². The van der Waals surface area contributed by atoms with Crippen LogP contribution in [0.1, 0.15) is 38.5 Å². The second-order valence-corrected chi connectivity index (χ2v) is 8.51. The zero-order valence-electron chi connectivity index (χ0n) is 16.7. The van der Waals surface area contributed by atoms with E-state index in [0.717, 1.165) is 12.0 Å². The first-order chi connectivity index (χ1) is 13.6. The van der Waals surface area contributed by atoms with E-state index in [-0.39, 0.29) is 17.1 Å². The van der Waals surface area contributed by atoms with Gasteiger partial charge in [-0.3, -0.25) is 4.79 Å². The Balaban J connectivity index is 0.00000132. The summed E-state index contributed by atoms with van der Waals surface area (Å²) in [5.41, 5.74) is 9.36. The monoisotopic (exact) mass is 425 g/mol. The quantitative estimate of drug-likeness (QED) is 0.549. The van der Waals surface area contributed by atoms with Crippen molar-refractivity contribution in [3.05, 3.63) is 47.9 Å². The van der Waals surface area contributed by atoms with Gasteiger partial charge in [0.25, 0.3) is 0 Å². The number of carbonyl (C=O) groups excluding carboxylic acids is 2. The van der Waals surface area contributed by atoms with Crippen LogP contribution < -0.4 is 21.5 Å². The van der Waals surface area contributed by atoms with Crippen molar-refractivity contribution in [2.45, 2.75) is 37.5 Å². The Bertz CT molecular complexity index is 908. The van der Waals surface area contributed by atoms with Gasteiger partial charge in [-0.25, -0.2) is 13.2 Å². The van der Waals surface area contributed by atoms with Gasteiger partial charge in [-0.15, -0.1) is 0 Å². The molecule has 29 heavy (non-hydrogen) atoms. The third-order valence-electron chi connectivity index (χ3n) is 4.04. The van der Waals surface area contributed by atoms with Crippen LogP contribution in [0.15, 0.2) is 45.9 Å². The van der Waals surface area contributed by atoms with Gasteiger partial charge < -0.3 is 25.9 Å². The van der Waals surface area contributed by atoms with E-state index in [0.29, 0.717) is 12.4 Å². The van der Waals surface area contributed by atoms with E-state index in [9.17, 15) is 13.2 Å². The largest absolute Gasteiger partial charge is 0.492 e. The summed E-state index contributed by atoms with van der Waals surface area (Å²) in [6.45, 7) is 6.18. The molecule has 0 fully saturated rings. The van der Waals surface area contributed by atoms with E-state index >= 15 is 0 Å². The number of hydrogen-bond donors (Lipinski definition) is 3. The van der Waals surface area contributed by atoms with Crippen LogP contribution in [0.4, 0.5) is 4.79 Å². The van der Waals surface area contributed by atoms with Crippen molar-refractivity contribution in [1.29, 1.82) is 0 Å². The highest BCUT2D eigenvalue weighted by Gasteiger charge is 2.29. The molecule has 2 rings (SSSR count). The van der Waals surface area contributed by atoms with E-state index in [2.05, 4.69) is 11.1 Å². The molecule has 0 radical (unpaired) electrons. The number of urea groups is 1. The summed E-state index contributed by atoms with van der Waals surface area (Å²) in [5, 5.41) is 2.13. The Kier molecular flexibility index (Phi) is 8.71. The summed E-state index contributed by atoms with van der Waals surface area (Å²) in [6.07, 6.45) is 2.56. The van der Waals surface area contributed by atoms with Crippen molar-refractivity contribution in [1.82, 2.24) is 5.32 Å². The van der Waals surface area contributed by atoms with Crippen molar-refractivity contribution in [2.75, 3.05) is 12.5 Å². The summed E-state index contributed by atoms with van der Waals surface area (Å²) in [5.74, 6) is 0.352. The number of ether oxygens (including phenoxy) is 1. The van der Waals surface area contributed by atoms with Crippen LogP contribution in [0, 0.1) is 0 Å². The number of benzene rings is 1. The molecule has 160 valence electrons. The number of furan rings is 1. The molecule has 0 bridgehead atoms. The number of nitrogens with one attached hydrogen (secondary N) is 1. The van der Waals surface area contributed by atoms with Gasteiger partial charge in [0, 0.05) is 5.41 Å². The third-order valence-corrected chi connectivity index (χ3v) is 5.55. The summed E-state index contributed by atoms with van der Waals surface area (Å²) in [6, 6.07) is 7.72. The van der Waals surface area contributed by atoms with Crippen LogP contribution in [-0.2, 0) is 20.0 Å². The maximum atomic E-state index is 12.7. The maximum absolute atomic E-state index is 12.7. The molecule has 1 aromatic carbocycles. The van der Waals surface area contributed by atoms with Crippen LogP contribution in [0.5, 0.6) is 5.75 Å². The molecule has 10 heteroatoms. The number of rotatable bonds is 8. The van der Waals surface area contributed by atoms with Gasteiger partial charge in [0.15, 0.2) is 9.84 Å². The fourth-order valence-corrected chi connectivity index (χ4v) is 3.72. The second kappa shape index (κ2) is 10.5. The third kappa shape index (κ3) is 6.53. The summed E-state index contributed by atoms with van der Waals surface area (Å²) in [4.78, 5) is 19.5. The molecule has 0 spiro atoms. The standard InChI is InChI=1S/C18H24N2O5S.CH3NO/c1-4-9-24-14-8-7-13(18(2,3)16-6-5-10-25-16)11-15(14)26(22,23)12-20-17(19)21;2-1-3/h5-8,10-11H,4,9,12H2,1-3H3,(H3,19,20,21);1H,(H2,2,3). The molecule has 1 aromatic heterocycles. The molecule has 5 N–H and O–H groups in total. The van der Waals surface area contributed by atoms with Gasteiger partial charge in [-0.2, -0.15) is 0 Å². The summed E-state index contributed by atoms with van der Waals surface area (Å²) < 4.78 is 36.5. The molecule has 2 aromatic rings. The van der Waals surface area contributed by atoms with Crippen LogP contribution in [0.25, 0.3) is 0 Å². The highest BCUT2D eigenvalue weighted by Crippen LogP contribution is 2.36. The first kappa shape index (κ1) is 24.0. The van der Waals surface area contributed by atoms with Crippen LogP contribution >= 0.6 is 0 Å². The second-order valence-electron chi connectivity index (χ2n) is 6.55. The smallest absolute Gasteiger partial charge is 0.313 e. The average molecular weight is 426 g/mol. The molecule has 0 aliphatic carbocycles. The van der Waals surface area contributed by atoms with Gasteiger partial charge in [0.1, 0.15) is 22.3 Å². The minimum Gasteiger partial charge on any atom is -0.492 e. The average Bonchev–Trinajstić information content (AvgIpc) is 3.21. The van der Waals surface area contributed by atoms with E-state index < -0.39 is 27.2 Å². The SMILES string of the molecule is CCCOc1ccc(C(C)(C)c2ccco2)cc1S(=O)(=O)CNC(N)=O.NC=O. The molecule has 0 unspecified atom stereocenters. The molecule has 0 saturated carbocycles. The van der Waals surface area contributed by atoms with Gasteiger partial charge in [0.05, 0.1) is 12.9 Å². The number of primary amides is 2. The molecule has 9 nitrogen and oxygen atoms in total. The topological polar surface area (TPSA) is 155 Å². The molecule has 0 aliphatic rings. The fraction of sp³-hybridized carbons (Fsp3) is 0.368. The Morgan fingerprint density at radius 1 is 1.31 bits per heavy atom. The fourth-order valence-electron chi connectivity index (χ4n) is 2.49. The van der Waals surface area contributed by atoms with Crippen molar-refractivity contribution >= 4 is 22.3 Å². The number of carbonyl (C=O) groups is 2. The van der Waals surface area contributed by atoms with E-state index in [1.54, 1.807) is 24.5 Å². The minimum atomic E-state index is -3.84. The first-order valence-corrected chi connectivity index (χ1v) is 10.5. The van der Waals surface area contributed by atoms with Crippen molar-refractivity contribution < 1.29 is 27.2 Å². The minimum absolute atomic E-state index is 0.0110. The van der Waals surface area contributed by atoms with Crippen molar-refractivity contribution in [3.63, 3.8) is 0 Å². The first-order valence-electron chi connectivity index (χ1n) is 8.82. The Hall–Kier alpha value is -3.01. The summed E-state index contributed by atoms with van der Waals surface area (Å²) >= 11 is 0. The highest BCUT2D eigenvalue weighted by atomic mass is 32.2. The predicted molar refractivity (Wildman–Crippen MR) is 108 cm³/mol.